The number of H-pyrrole nitrogens is 1. The third kappa shape index (κ3) is 3.32. The lowest BCUT2D eigenvalue weighted by atomic mass is 10.0. The number of halogens is 1. The van der Waals surface area contributed by atoms with Gasteiger partial charge >= 0.3 is 0 Å². The van der Waals surface area contributed by atoms with Crippen LogP contribution in [0.15, 0.2) is 54.6 Å². The second-order valence-electron chi connectivity index (χ2n) is 6.46. The van der Waals surface area contributed by atoms with Crippen LogP contribution in [0.5, 0.6) is 5.75 Å². The van der Waals surface area contributed by atoms with E-state index >= 15 is 0 Å². The summed E-state index contributed by atoms with van der Waals surface area (Å²) >= 11 is 0. The maximum absolute atomic E-state index is 13.3. The van der Waals surface area contributed by atoms with Gasteiger partial charge in [-0.2, -0.15) is 5.10 Å². The number of aromatic amines is 1. The Morgan fingerprint density at radius 1 is 1.14 bits per heavy atom. The summed E-state index contributed by atoms with van der Waals surface area (Å²) in [5.41, 5.74) is 2.05. The van der Waals surface area contributed by atoms with E-state index in [1.807, 2.05) is 0 Å². The summed E-state index contributed by atoms with van der Waals surface area (Å²) in [6, 6.07) is 12.7. The molecule has 1 unspecified atom stereocenters. The molecular weight excluding hydrogens is 363 g/mol. The molecule has 2 heterocycles. The van der Waals surface area contributed by atoms with Crippen molar-refractivity contribution in [2.75, 3.05) is 13.1 Å². The van der Waals surface area contributed by atoms with Crippen molar-refractivity contribution in [2.24, 2.45) is 0 Å². The topological polar surface area (TPSA) is 98.3 Å². The number of aromatic hydroxyl groups is 1. The molecule has 3 aromatic rings. The number of phenolic OH excluding ortho intramolecular Hbond substituents is 1. The molecule has 4 rings (SSSR count). The summed E-state index contributed by atoms with van der Waals surface area (Å²) in [7, 11) is 0. The molecule has 0 radical (unpaired) electrons. The third-order valence-corrected chi connectivity index (χ3v) is 4.63. The van der Waals surface area contributed by atoms with Crippen LogP contribution in [-0.4, -0.2) is 45.1 Å². The SMILES string of the molecule is O=C1NCCN(C(=O)c2cc(-c3ccc(O)cc3)n[nH]2)C1c1ccc(F)cc1. The summed E-state index contributed by atoms with van der Waals surface area (Å²) in [5, 5.41) is 19.0. The maximum Gasteiger partial charge on any atom is 0.272 e. The Labute approximate surface area is 159 Å². The molecule has 3 N–H and O–H groups in total. The van der Waals surface area contributed by atoms with Gasteiger partial charge in [0.2, 0.25) is 5.91 Å². The van der Waals surface area contributed by atoms with Gasteiger partial charge in [-0.1, -0.05) is 12.1 Å². The Hall–Kier alpha value is -3.68. The van der Waals surface area contributed by atoms with Gasteiger partial charge in [-0.05, 0) is 48.0 Å². The predicted molar refractivity (Wildman–Crippen MR) is 98.9 cm³/mol. The zero-order valence-electron chi connectivity index (χ0n) is 14.7. The number of piperazine rings is 1. The number of aromatic nitrogens is 2. The first-order chi connectivity index (χ1) is 13.5. The molecule has 142 valence electrons. The number of carbonyl (C=O) groups is 2. The summed E-state index contributed by atoms with van der Waals surface area (Å²) < 4.78 is 13.3. The molecule has 8 heteroatoms. The number of benzene rings is 2. The molecule has 2 amide bonds. The van der Waals surface area contributed by atoms with Crippen molar-refractivity contribution in [3.8, 4) is 17.0 Å². The number of nitrogens with zero attached hydrogens (tertiary/aromatic N) is 2. The van der Waals surface area contributed by atoms with Gasteiger partial charge in [0, 0.05) is 18.7 Å². The van der Waals surface area contributed by atoms with Crippen LogP contribution in [0.4, 0.5) is 4.39 Å². The van der Waals surface area contributed by atoms with E-state index in [0.29, 0.717) is 24.3 Å². The van der Waals surface area contributed by atoms with E-state index in [9.17, 15) is 19.1 Å². The Kier molecular flexibility index (Phi) is 4.52. The smallest absolute Gasteiger partial charge is 0.272 e. The lowest BCUT2D eigenvalue weighted by Gasteiger charge is -2.35. The van der Waals surface area contributed by atoms with Crippen LogP contribution < -0.4 is 5.32 Å². The number of phenols is 1. The van der Waals surface area contributed by atoms with Crippen molar-refractivity contribution < 1.29 is 19.1 Å². The van der Waals surface area contributed by atoms with Crippen LogP contribution in [-0.2, 0) is 4.79 Å². The van der Waals surface area contributed by atoms with Crippen molar-refractivity contribution in [3.05, 3.63) is 71.7 Å². The molecule has 0 saturated carbocycles. The summed E-state index contributed by atoms with van der Waals surface area (Å²) in [5.74, 6) is -0.965. The molecule has 0 spiro atoms. The second kappa shape index (κ2) is 7.15. The first-order valence-corrected chi connectivity index (χ1v) is 8.72. The number of nitrogens with one attached hydrogen (secondary N) is 2. The minimum atomic E-state index is -0.845. The van der Waals surface area contributed by atoms with Crippen molar-refractivity contribution in [1.82, 2.24) is 20.4 Å². The van der Waals surface area contributed by atoms with Crippen LogP contribution in [0.25, 0.3) is 11.3 Å². The Morgan fingerprint density at radius 2 is 1.86 bits per heavy atom. The largest absolute Gasteiger partial charge is 0.508 e. The molecule has 1 fully saturated rings. The second-order valence-corrected chi connectivity index (χ2v) is 6.46. The number of hydrogen-bond donors (Lipinski definition) is 3. The van der Waals surface area contributed by atoms with Gasteiger partial charge in [-0.25, -0.2) is 4.39 Å². The highest BCUT2D eigenvalue weighted by atomic mass is 19.1. The molecule has 1 atom stereocenters. The standard InChI is InChI=1S/C20H17FN4O3/c21-14-5-1-13(2-6-14)18-19(27)22-9-10-25(18)20(28)17-11-16(23-24-17)12-3-7-15(26)8-4-12/h1-8,11,18,26H,9-10H2,(H,22,27)(H,23,24). The average Bonchev–Trinajstić information content (AvgIpc) is 3.19. The fourth-order valence-corrected chi connectivity index (χ4v) is 3.23. The quantitative estimate of drug-likeness (QED) is 0.649. The summed E-state index contributed by atoms with van der Waals surface area (Å²) in [4.78, 5) is 26.9. The van der Waals surface area contributed by atoms with Gasteiger partial charge in [-0.3, -0.25) is 14.7 Å². The van der Waals surface area contributed by atoms with Crippen LogP contribution in [0.3, 0.4) is 0 Å². The minimum Gasteiger partial charge on any atom is -0.508 e. The molecule has 2 aromatic carbocycles. The van der Waals surface area contributed by atoms with Gasteiger partial charge in [0.25, 0.3) is 5.91 Å². The van der Waals surface area contributed by atoms with Crippen LogP contribution >= 0.6 is 0 Å². The summed E-state index contributed by atoms with van der Waals surface area (Å²) in [6.45, 7) is 0.654. The van der Waals surface area contributed by atoms with Crippen molar-refractivity contribution >= 4 is 11.8 Å². The summed E-state index contributed by atoms with van der Waals surface area (Å²) in [6.07, 6.45) is 0. The average molecular weight is 380 g/mol. The van der Waals surface area contributed by atoms with E-state index < -0.39 is 11.9 Å². The molecule has 1 aliphatic heterocycles. The van der Waals surface area contributed by atoms with Gasteiger partial charge < -0.3 is 15.3 Å². The van der Waals surface area contributed by atoms with Gasteiger partial charge in [0.15, 0.2) is 0 Å². The predicted octanol–water partition coefficient (Wildman–Crippen LogP) is 2.23. The molecule has 7 nitrogen and oxygen atoms in total. The van der Waals surface area contributed by atoms with Crippen molar-refractivity contribution in [1.29, 1.82) is 0 Å². The molecule has 0 bridgehead atoms. The highest BCUT2D eigenvalue weighted by Crippen LogP contribution is 2.26. The van der Waals surface area contributed by atoms with Crippen LogP contribution in [0.1, 0.15) is 22.1 Å². The highest BCUT2D eigenvalue weighted by Gasteiger charge is 2.35. The Morgan fingerprint density at radius 3 is 2.57 bits per heavy atom. The molecule has 1 saturated heterocycles. The zero-order valence-corrected chi connectivity index (χ0v) is 14.7. The van der Waals surface area contributed by atoms with E-state index in [4.69, 9.17) is 0 Å². The van der Waals surface area contributed by atoms with Crippen molar-refractivity contribution in [3.63, 3.8) is 0 Å². The minimum absolute atomic E-state index is 0.136. The fourth-order valence-electron chi connectivity index (χ4n) is 3.23. The third-order valence-electron chi connectivity index (χ3n) is 4.63. The molecular formula is C20H17FN4O3. The molecule has 0 aliphatic carbocycles. The molecule has 28 heavy (non-hydrogen) atoms. The maximum atomic E-state index is 13.3. The number of amides is 2. The lowest BCUT2D eigenvalue weighted by Crippen LogP contribution is -2.52. The molecule has 1 aromatic heterocycles. The number of hydrogen-bond acceptors (Lipinski definition) is 4. The molecule has 1 aliphatic rings. The highest BCUT2D eigenvalue weighted by molar-refractivity contribution is 5.98. The monoisotopic (exact) mass is 380 g/mol. The van der Waals surface area contributed by atoms with E-state index in [1.54, 1.807) is 18.2 Å². The van der Waals surface area contributed by atoms with Crippen LogP contribution in [0, 0.1) is 5.82 Å². The number of rotatable bonds is 3. The van der Waals surface area contributed by atoms with E-state index in [1.165, 1.54) is 41.3 Å². The van der Waals surface area contributed by atoms with Gasteiger partial charge in [0.05, 0.1) is 5.69 Å². The van der Waals surface area contributed by atoms with Gasteiger partial charge in [0.1, 0.15) is 23.3 Å². The lowest BCUT2D eigenvalue weighted by molar-refractivity contribution is -0.128. The first kappa shape index (κ1) is 17.7. The van der Waals surface area contributed by atoms with Crippen LogP contribution in [0.2, 0.25) is 0 Å². The first-order valence-electron chi connectivity index (χ1n) is 8.72. The number of carbonyl (C=O) groups excluding carboxylic acids is 2. The van der Waals surface area contributed by atoms with E-state index in [0.717, 1.165) is 5.56 Å². The zero-order chi connectivity index (χ0) is 19.7. The van der Waals surface area contributed by atoms with Crippen molar-refractivity contribution in [2.45, 2.75) is 6.04 Å². The van der Waals surface area contributed by atoms with E-state index in [2.05, 4.69) is 15.5 Å². The fraction of sp³-hybridized carbons (Fsp3) is 0.150. The normalized spacial score (nSPS) is 16.7. The van der Waals surface area contributed by atoms with Gasteiger partial charge in [-0.15, -0.1) is 0 Å². The van der Waals surface area contributed by atoms with E-state index in [-0.39, 0.29) is 23.3 Å². The Balaban J connectivity index is 1.63. The Bertz CT molecular complexity index is 1010.